The van der Waals surface area contributed by atoms with Gasteiger partial charge in [0.1, 0.15) is 5.52 Å². The van der Waals surface area contributed by atoms with Crippen LogP contribution in [0, 0.1) is 0 Å². The molecule has 4 rings (SSSR count). The van der Waals surface area contributed by atoms with Gasteiger partial charge >= 0.3 is 6.18 Å². The van der Waals surface area contributed by atoms with Gasteiger partial charge in [-0.05, 0) is 36.6 Å². The van der Waals surface area contributed by atoms with Crippen molar-refractivity contribution in [2.75, 3.05) is 5.32 Å². The van der Waals surface area contributed by atoms with Crippen molar-refractivity contribution in [3.63, 3.8) is 0 Å². The molecule has 27 heavy (non-hydrogen) atoms. The van der Waals surface area contributed by atoms with Gasteiger partial charge in [-0.15, -0.1) is 0 Å². The molecule has 1 aliphatic carbocycles. The number of oxazole rings is 1. The Bertz CT molecular complexity index is 1020. The number of alkyl halides is 3. The highest BCUT2D eigenvalue weighted by atomic mass is 19.4. The first kappa shape index (κ1) is 17.3. The summed E-state index contributed by atoms with van der Waals surface area (Å²) < 4.78 is 45.6. The van der Waals surface area contributed by atoms with Gasteiger partial charge < -0.3 is 9.73 Å². The first-order valence-electron chi connectivity index (χ1n) is 8.46. The van der Waals surface area contributed by atoms with Crippen LogP contribution in [0.15, 0.2) is 59.0 Å². The minimum atomic E-state index is -4.64. The van der Waals surface area contributed by atoms with Crippen molar-refractivity contribution in [3.8, 4) is 0 Å². The maximum absolute atomic E-state index is 13.3. The molecule has 3 aromatic rings. The molecule has 1 fully saturated rings. The molecular weight excluding hydrogens is 357 g/mol. The number of fused-ring (bicyclic) bond motifs is 1. The number of benzene rings is 2. The maximum Gasteiger partial charge on any atom is 0.417 e. The van der Waals surface area contributed by atoms with E-state index in [4.69, 9.17) is 4.42 Å². The number of carbonyl (C=O) groups excluding carboxylic acids is 1. The summed E-state index contributed by atoms with van der Waals surface area (Å²) in [5.41, 5.74) is 0.442. The van der Waals surface area contributed by atoms with Gasteiger partial charge in [0.2, 0.25) is 5.91 Å². The molecule has 0 aliphatic heterocycles. The number of rotatable bonds is 4. The molecule has 1 N–H and O–H groups in total. The summed E-state index contributed by atoms with van der Waals surface area (Å²) in [7, 11) is 0. The Balaban J connectivity index is 1.58. The van der Waals surface area contributed by atoms with Gasteiger partial charge in [0.05, 0.1) is 5.57 Å². The van der Waals surface area contributed by atoms with Crippen LogP contribution in [0.5, 0.6) is 0 Å². The highest BCUT2D eigenvalue weighted by Gasteiger charge is 2.35. The van der Waals surface area contributed by atoms with Crippen LogP contribution in [0.2, 0.25) is 0 Å². The number of nitrogens with zero attached hydrogens (tertiary/aromatic N) is 1. The molecule has 2 aromatic carbocycles. The van der Waals surface area contributed by atoms with Crippen LogP contribution >= 0.6 is 0 Å². The Morgan fingerprint density at radius 2 is 1.89 bits per heavy atom. The topological polar surface area (TPSA) is 55.1 Å². The van der Waals surface area contributed by atoms with Gasteiger partial charge in [0.15, 0.2) is 11.5 Å². The van der Waals surface area contributed by atoms with Crippen LogP contribution in [-0.2, 0) is 4.79 Å². The Kier molecular flexibility index (Phi) is 4.22. The van der Waals surface area contributed by atoms with Gasteiger partial charge in [0.25, 0.3) is 0 Å². The van der Waals surface area contributed by atoms with Gasteiger partial charge in [-0.2, -0.15) is 13.2 Å². The molecule has 1 aromatic heterocycles. The summed E-state index contributed by atoms with van der Waals surface area (Å²) in [6.07, 6.45) is -1.99. The Morgan fingerprint density at radius 3 is 2.56 bits per heavy atom. The summed E-state index contributed by atoms with van der Waals surface area (Å²) in [6.45, 7) is 0. The minimum absolute atomic E-state index is 0.0684. The molecule has 1 saturated carbocycles. The molecule has 0 bridgehead atoms. The molecule has 0 saturated heterocycles. The van der Waals surface area contributed by atoms with Gasteiger partial charge in [-0.1, -0.05) is 30.3 Å². The van der Waals surface area contributed by atoms with Crippen molar-refractivity contribution in [1.82, 2.24) is 4.98 Å². The molecule has 0 spiro atoms. The van der Waals surface area contributed by atoms with Crippen LogP contribution in [0.25, 0.3) is 16.7 Å². The number of hydrogen-bond acceptors (Lipinski definition) is 3. The molecule has 1 aliphatic rings. The number of carbonyl (C=O) groups is 1. The van der Waals surface area contributed by atoms with Crippen LogP contribution in [-0.4, -0.2) is 17.1 Å². The summed E-state index contributed by atoms with van der Waals surface area (Å²) in [6, 6.07) is 12.0. The van der Waals surface area contributed by atoms with Crippen molar-refractivity contribution in [2.24, 2.45) is 0 Å². The summed E-state index contributed by atoms with van der Waals surface area (Å²) in [5, 5.41) is 2.46. The van der Waals surface area contributed by atoms with Crippen molar-refractivity contribution < 1.29 is 22.4 Å². The average molecular weight is 372 g/mol. The third-order valence-electron chi connectivity index (χ3n) is 4.26. The van der Waals surface area contributed by atoms with E-state index in [1.165, 1.54) is 24.3 Å². The lowest BCUT2D eigenvalue weighted by Gasteiger charge is -2.12. The number of aromatic nitrogens is 1. The standard InChI is InChI=1S/C20H15F3N2O2/c21-20(22,23)15(12-4-2-1-3-5-12)11-18(26)24-14-8-9-17-16(10-14)25-19(27-17)13-6-7-13/h1-5,8-11,13H,6-7H2,(H,24,26)/b15-11-. The highest BCUT2D eigenvalue weighted by Crippen LogP contribution is 2.40. The van der Waals surface area contributed by atoms with E-state index in [1.54, 1.807) is 24.3 Å². The fourth-order valence-electron chi connectivity index (χ4n) is 2.78. The second kappa shape index (κ2) is 6.57. The van der Waals surface area contributed by atoms with Crippen LogP contribution < -0.4 is 5.32 Å². The molecule has 1 heterocycles. The van der Waals surface area contributed by atoms with Crippen LogP contribution in [0.4, 0.5) is 18.9 Å². The summed E-state index contributed by atoms with van der Waals surface area (Å²) in [5.74, 6) is 0.145. The van der Waals surface area contributed by atoms with E-state index in [1.807, 2.05) is 0 Å². The Labute approximate surface area is 152 Å². The molecule has 0 radical (unpaired) electrons. The van der Waals surface area contributed by atoms with Crippen molar-refractivity contribution in [2.45, 2.75) is 24.9 Å². The number of allylic oxidation sites excluding steroid dienone is 1. The Hall–Kier alpha value is -3.09. The van der Waals surface area contributed by atoms with Crippen molar-refractivity contribution in [3.05, 3.63) is 66.1 Å². The first-order valence-corrected chi connectivity index (χ1v) is 8.46. The lowest BCUT2D eigenvalue weighted by molar-refractivity contribution is -0.112. The summed E-state index contributed by atoms with van der Waals surface area (Å²) >= 11 is 0. The molecule has 0 unspecified atom stereocenters. The molecule has 4 nitrogen and oxygen atoms in total. The van der Waals surface area contributed by atoms with Crippen molar-refractivity contribution >= 4 is 28.3 Å². The first-order chi connectivity index (χ1) is 12.9. The quantitative estimate of drug-likeness (QED) is 0.633. The number of anilines is 1. The Morgan fingerprint density at radius 1 is 1.15 bits per heavy atom. The monoisotopic (exact) mass is 372 g/mol. The number of hydrogen-bond donors (Lipinski definition) is 1. The second-order valence-electron chi connectivity index (χ2n) is 6.42. The zero-order chi connectivity index (χ0) is 19.0. The van der Waals surface area contributed by atoms with Crippen LogP contribution in [0.1, 0.15) is 30.2 Å². The fourth-order valence-corrected chi connectivity index (χ4v) is 2.78. The van der Waals surface area contributed by atoms with E-state index >= 15 is 0 Å². The summed E-state index contributed by atoms with van der Waals surface area (Å²) in [4.78, 5) is 16.5. The van der Waals surface area contributed by atoms with E-state index in [9.17, 15) is 18.0 Å². The second-order valence-corrected chi connectivity index (χ2v) is 6.42. The molecule has 1 amide bonds. The molecule has 7 heteroatoms. The molecular formula is C20H15F3N2O2. The number of amides is 1. The predicted octanol–water partition coefficient (Wildman–Crippen LogP) is 5.29. The normalized spacial score (nSPS) is 15.1. The van der Waals surface area contributed by atoms with Gasteiger partial charge in [0, 0.05) is 17.7 Å². The lowest BCUT2D eigenvalue weighted by atomic mass is 10.1. The van der Waals surface area contributed by atoms with Gasteiger partial charge in [-0.3, -0.25) is 4.79 Å². The van der Waals surface area contributed by atoms with E-state index in [-0.39, 0.29) is 5.56 Å². The maximum atomic E-state index is 13.3. The van der Waals surface area contributed by atoms with E-state index in [0.29, 0.717) is 34.7 Å². The average Bonchev–Trinajstić information content (AvgIpc) is 3.39. The highest BCUT2D eigenvalue weighted by molar-refractivity contribution is 6.05. The van der Waals surface area contributed by atoms with Gasteiger partial charge in [-0.25, -0.2) is 4.98 Å². The third-order valence-corrected chi connectivity index (χ3v) is 4.26. The molecule has 0 atom stereocenters. The predicted molar refractivity (Wildman–Crippen MR) is 95.1 cm³/mol. The smallest absolute Gasteiger partial charge is 0.417 e. The fraction of sp³-hybridized carbons (Fsp3) is 0.200. The number of halogens is 3. The van der Waals surface area contributed by atoms with Crippen molar-refractivity contribution in [1.29, 1.82) is 0 Å². The zero-order valence-electron chi connectivity index (χ0n) is 14.1. The van der Waals surface area contributed by atoms with E-state index in [0.717, 1.165) is 12.8 Å². The van der Waals surface area contributed by atoms with E-state index in [2.05, 4.69) is 10.3 Å². The largest absolute Gasteiger partial charge is 0.440 e. The van der Waals surface area contributed by atoms with E-state index < -0.39 is 17.7 Å². The third kappa shape index (κ3) is 3.86. The zero-order valence-corrected chi connectivity index (χ0v) is 14.1. The number of nitrogens with one attached hydrogen (secondary N) is 1. The SMILES string of the molecule is O=C(/C=C(/c1ccccc1)C(F)(F)F)Nc1ccc2oc(C3CC3)nc2c1. The lowest BCUT2D eigenvalue weighted by Crippen LogP contribution is -2.16. The van der Waals surface area contributed by atoms with Crippen LogP contribution in [0.3, 0.4) is 0 Å². The minimum Gasteiger partial charge on any atom is -0.440 e. The molecule has 138 valence electrons.